The van der Waals surface area contributed by atoms with E-state index in [1.165, 1.54) is 0 Å². The van der Waals surface area contributed by atoms with Gasteiger partial charge in [0.25, 0.3) is 5.91 Å². The highest BCUT2D eigenvalue weighted by Gasteiger charge is 2.44. The molecule has 28 heavy (non-hydrogen) atoms. The molecule has 0 unspecified atom stereocenters. The van der Waals surface area contributed by atoms with Crippen molar-refractivity contribution in [2.45, 2.75) is 38.1 Å². The Kier molecular flexibility index (Phi) is 4.71. The van der Waals surface area contributed by atoms with Gasteiger partial charge < -0.3 is 20.9 Å². The molecule has 1 saturated carbocycles. The number of oxazole rings is 1. The van der Waals surface area contributed by atoms with Crippen LogP contribution in [0.2, 0.25) is 0 Å². The standard InChI is InChI=1S/C18H21N7O2S/c1-10-13(14(26)22-17(28)25-19)18(8-4-5-9-18)24-15(20-10)23-16-21-11-6-2-3-7-12(11)27-16/h2-3,6-7H,4-5,8-9,19H2,1H3,(H2,20,21,23,24)(H2,22,25,26,28). The molecule has 0 bridgehead atoms. The molecule has 10 heteroatoms. The number of aliphatic imine (C=N–C) groups is 1. The molecular weight excluding hydrogens is 378 g/mol. The number of anilines is 1. The number of aromatic nitrogens is 1. The van der Waals surface area contributed by atoms with Crippen LogP contribution in [0.4, 0.5) is 6.01 Å². The second kappa shape index (κ2) is 7.19. The summed E-state index contributed by atoms with van der Waals surface area (Å²) in [6.45, 7) is 1.84. The molecule has 5 N–H and O–H groups in total. The van der Waals surface area contributed by atoms with Crippen molar-refractivity contribution in [1.82, 2.24) is 15.6 Å². The number of para-hydroxylation sites is 2. The lowest BCUT2D eigenvalue weighted by molar-refractivity contribution is -0.116. The van der Waals surface area contributed by atoms with Crippen molar-refractivity contribution in [3.05, 3.63) is 35.5 Å². The first-order valence-corrected chi connectivity index (χ1v) is 9.44. The van der Waals surface area contributed by atoms with Crippen LogP contribution in [-0.4, -0.2) is 27.6 Å². The first-order valence-electron chi connectivity index (χ1n) is 9.00. The van der Waals surface area contributed by atoms with Gasteiger partial charge in [-0.05, 0) is 31.9 Å². The number of nitrogens with zero attached hydrogens (tertiary/aromatic N) is 3. The van der Waals surface area contributed by atoms with Gasteiger partial charge in [0, 0.05) is 5.70 Å². The largest absolute Gasteiger partial charge is 0.423 e. The van der Waals surface area contributed by atoms with E-state index in [-0.39, 0.29) is 11.1 Å². The summed E-state index contributed by atoms with van der Waals surface area (Å²) in [6.07, 6.45) is 3.52. The van der Waals surface area contributed by atoms with Crippen LogP contribution in [0.15, 0.2) is 50.0 Å². The van der Waals surface area contributed by atoms with Crippen molar-refractivity contribution >= 4 is 46.8 Å². The molecule has 1 aromatic carbocycles. The van der Waals surface area contributed by atoms with E-state index in [2.05, 4.69) is 38.7 Å². The predicted octanol–water partition coefficient (Wildman–Crippen LogP) is 2.06. The van der Waals surface area contributed by atoms with Gasteiger partial charge in [-0.2, -0.15) is 10.1 Å². The Balaban J connectivity index is 1.64. The number of nitrogens with one attached hydrogen (secondary N) is 3. The quantitative estimate of drug-likeness (QED) is 0.173. The van der Waals surface area contributed by atoms with E-state index in [1.807, 2.05) is 31.2 Å². The summed E-state index contributed by atoms with van der Waals surface area (Å²) in [6, 6.07) is 7.86. The minimum Gasteiger partial charge on any atom is -0.423 e. The highest BCUT2D eigenvalue weighted by Crippen LogP contribution is 2.42. The molecule has 1 fully saturated rings. The molecule has 0 atom stereocenters. The first-order chi connectivity index (χ1) is 13.5. The van der Waals surface area contributed by atoms with Crippen LogP contribution in [0.5, 0.6) is 0 Å². The van der Waals surface area contributed by atoms with E-state index in [4.69, 9.17) is 15.3 Å². The van der Waals surface area contributed by atoms with E-state index in [0.717, 1.165) is 31.2 Å². The molecule has 146 valence electrons. The molecule has 2 heterocycles. The highest BCUT2D eigenvalue weighted by atomic mass is 32.1. The number of fused-ring (bicyclic) bond motifs is 1. The maximum absolute atomic E-state index is 12.8. The molecule has 0 radical (unpaired) electrons. The van der Waals surface area contributed by atoms with E-state index < -0.39 is 5.54 Å². The number of carbonyl (C=O) groups excluding carboxylic acids is 1. The zero-order valence-corrected chi connectivity index (χ0v) is 16.2. The molecule has 2 aromatic rings. The van der Waals surface area contributed by atoms with E-state index in [0.29, 0.717) is 28.8 Å². The number of allylic oxidation sites excluding steroid dienone is 1. The summed E-state index contributed by atoms with van der Waals surface area (Å²) in [7, 11) is 0. The van der Waals surface area contributed by atoms with Crippen molar-refractivity contribution in [3.63, 3.8) is 0 Å². The van der Waals surface area contributed by atoms with Crippen LogP contribution in [0.25, 0.3) is 11.1 Å². The summed E-state index contributed by atoms with van der Waals surface area (Å²) in [5.74, 6) is 5.37. The normalized spacial score (nSPS) is 18.9. The predicted molar refractivity (Wildman–Crippen MR) is 111 cm³/mol. The van der Waals surface area contributed by atoms with Gasteiger partial charge in [-0.3, -0.25) is 10.1 Å². The van der Waals surface area contributed by atoms with Gasteiger partial charge in [-0.1, -0.05) is 25.0 Å². The number of nitrogens with two attached hydrogens (primary N) is 1. The Morgan fingerprint density at radius 2 is 2.11 bits per heavy atom. The highest BCUT2D eigenvalue weighted by molar-refractivity contribution is 7.96. The maximum atomic E-state index is 12.8. The Labute approximate surface area is 167 Å². The molecule has 1 aromatic heterocycles. The summed E-state index contributed by atoms with van der Waals surface area (Å²) in [5, 5.41) is 12.3. The number of hydrogen-bond donors (Lipinski definition) is 5. The number of carbonyl (C=O) groups is 1. The van der Waals surface area contributed by atoms with Gasteiger partial charge in [-0.15, -0.1) is 12.6 Å². The van der Waals surface area contributed by atoms with Gasteiger partial charge in [0.2, 0.25) is 5.96 Å². The smallest absolute Gasteiger partial charge is 0.302 e. The minimum absolute atomic E-state index is 0.0535. The van der Waals surface area contributed by atoms with Crippen molar-refractivity contribution < 1.29 is 9.21 Å². The van der Waals surface area contributed by atoms with Gasteiger partial charge in [0.1, 0.15) is 5.52 Å². The Bertz CT molecular complexity index is 985. The van der Waals surface area contributed by atoms with Gasteiger partial charge >= 0.3 is 6.01 Å². The summed E-state index contributed by atoms with van der Waals surface area (Å²) in [5.41, 5.74) is 2.10. The van der Waals surface area contributed by atoms with Crippen LogP contribution >= 0.6 is 12.6 Å². The van der Waals surface area contributed by atoms with Crippen molar-refractivity contribution in [2.75, 3.05) is 5.32 Å². The van der Waals surface area contributed by atoms with Crippen LogP contribution in [-0.2, 0) is 4.79 Å². The number of guanidine groups is 1. The van der Waals surface area contributed by atoms with Crippen LogP contribution in [0.1, 0.15) is 32.6 Å². The molecule has 1 aliphatic carbocycles. The SMILES string of the molecule is CC1=C(C(=O)N/C(S)=N/N)C2(CCCC2)N=C(Nc2nc3ccccc3o2)N1. The number of amidine groups is 1. The van der Waals surface area contributed by atoms with Crippen LogP contribution < -0.4 is 21.8 Å². The second-order valence-electron chi connectivity index (χ2n) is 6.84. The number of hydrogen-bond acceptors (Lipinski definition) is 8. The van der Waals surface area contributed by atoms with Crippen LogP contribution in [0, 0.1) is 0 Å². The number of thiol groups is 1. The minimum atomic E-state index is -0.615. The Hall–Kier alpha value is -3.01. The van der Waals surface area contributed by atoms with Crippen LogP contribution in [0.3, 0.4) is 0 Å². The fraction of sp³-hybridized carbons (Fsp3) is 0.333. The average molecular weight is 399 g/mol. The number of benzene rings is 1. The zero-order chi connectivity index (χ0) is 19.7. The monoisotopic (exact) mass is 399 g/mol. The first kappa shape index (κ1) is 18.4. The number of rotatable bonds is 2. The van der Waals surface area contributed by atoms with Crippen molar-refractivity contribution in [2.24, 2.45) is 15.9 Å². The molecule has 1 aliphatic heterocycles. The Morgan fingerprint density at radius 1 is 1.36 bits per heavy atom. The lowest BCUT2D eigenvalue weighted by Crippen LogP contribution is -2.47. The Morgan fingerprint density at radius 3 is 2.82 bits per heavy atom. The lowest BCUT2D eigenvalue weighted by atomic mass is 9.85. The molecule has 1 spiro atoms. The fourth-order valence-electron chi connectivity index (χ4n) is 3.87. The van der Waals surface area contributed by atoms with E-state index in [1.54, 1.807) is 0 Å². The molecular formula is C18H21N7O2S. The zero-order valence-electron chi connectivity index (χ0n) is 15.3. The lowest BCUT2D eigenvalue weighted by Gasteiger charge is -2.34. The molecule has 1 amide bonds. The fourth-order valence-corrected chi connectivity index (χ4v) is 3.97. The van der Waals surface area contributed by atoms with Gasteiger partial charge in [0.15, 0.2) is 10.8 Å². The number of amides is 1. The molecule has 4 rings (SSSR count). The summed E-state index contributed by atoms with van der Waals surface area (Å²) < 4.78 is 5.72. The average Bonchev–Trinajstić information content (AvgIpc) is 3.27. The summed E-state index contributed by atoms with van der Waals surface area (Å²) in [4.78, 5) is 22.1. The van der Waals surface area contributed by atoms with E-state index >= 15 is 0 Å². The third-order valence-corrected chi connectivity index (χ3v) is 5.22. The van der Waals surface area contributed by atoms with Crippen molar-refractivity contribution in [1.29, 1.82) is 0 Å². The summed E-state index contributed by atoms with van der Waals surface area (Å²) >= 11 is 4.04. The molecule has 0 saturated heterocycles. The maximum Gasteiger partial charge on any atom is 0.302 e. The molecule has 9 nitrogen and oxygen atoms in total. The topological polar surface area (TPSA) is 130 Å². The van der Waals surface area contributed by atoms with E-state index in [9.17, 15) is 4.79 Å². The second-order valence-corrected chi connectivity index (χ2v) is 7.27. The van der Waals surface area contributed by atoms with Gasteiger partial charge in [-0.25, -0.2) is 4.99 Å². The molecule has 2 aliphatic rings. The van der Waals surface area contributed by atoms with Gasteiger partial charge in [0.05, 0.1) is 11.1 Å². The van der Waals surface area contributed by atoms with Crippen molar-refractivity contribution in [3.8, 4) is 0 Å². The third-order valence-electron chi connectivity index (χ3n) is 5.00. The third kappa shape index (κ3) is 3.31. The number of hydrazone groups is 1.